The van der Waals surface area contributed by atoms with Gasteiger partial charge in [0, 0.05) is 42.0 Å². The Hall–Kier alpha value is -4.40. The highest BCUT2D eigenvalue weighted by Crippen LogP contribution is 2.37. The van der Waals surface area contributed by atoms with E-state index >= 15 is 0 Å². The predicted octanol–water partition coefficient (Wildman–Crippen LogP) is 5.11. The molecule has 8 nitrogen and oxygen atoms in total. The summed E-state index contributed by atoms with van der Waals surface area (Å²) in [7, 11) is 0. The van der Waals surface area contributed by atoms with Gasteiger partial charge in [-0.15, -0.1) is 0 Å². The summed E-state index contributed by atoms with van der Waals surface area (Å²) in [6.07, 6.45) is 7.19. The lowest BCUT2D eigenvalue weighted by atomic mass is 9.77. The molecule has 0 spiro atoms. The largest absolute Gasteiger partial charge is 0.382 e. The molecule has 3 N–H and O–H groups in total. The zero-order chi connectivity index (χ0) is 24.9. The third-order valence-corrected chi connectivity index (χ3v) is 6.54. The molecule has 0 radical (unpaired) electrons. The second kappa shape index (κ2) is 8.37. The number of benzene rings is 1. The fourth-order valence-electron chi connectivity index (χ4n) is 4.73. The minimum atomic E-state index is -0.536. The van der Waals surface area contributed by atoms with E-state index in [1.807, 2.05) is 24.5 Å². The summed E-state index contributed by atoms with van der Waals surface area (Å²) in [4.78, 5) is 21.8. The van der Waals surface area contributed by atoms with Gasteiger partial charge in [0.05, 0.1) is 28.7 Å². The van der Waals surface area contributed by atoms with E-state index in [0.29, 0.717) is 24.1 Å². The van der Waals surface area contributed by atoms with Crippen molar-refractivity contribution in [1.29, 1.82) is 0 Å². The number of nitrogens with zero attached hydrogens (tertiary/aromatic N) is 5. The van der Waals surface area contributed by atoms with Gasteiger partial charge >= 0.3 is 0 Å². The van der Waals surface area contributed by atoms with Gasteiger partial charge in [-0.2, -0.15) is 5.10 Å². The van der Waals surface area contributed by atoms with E-state index in [4.69, 9.17) is 4.98 Å². The summed E-state index contributed by atoms with van der Waals surface area (Å²) in [5, 5.41) is 11.7. The van der Waals surface area contributed by atoms with Crippen LogP contribution >= 0.6 is 0 Å². The summed E-state index contributed by atoms with van der Waals surface area (Å²) in [6, 6.07) is 11.1. The van der Waals surface area contributed by atoms with Crippen LogP contribution in [-0.4, -0.2) is 48.9 Å². The molecule has 1 atom stereocenters. The molecular formula is C27H25FN8. The quantitative estimate of drug-likeness (QED) is 0.324. The monoisotopic (exact) mass is 480 g/mol. The molecule has 180 valence electrons. The second-order valence-corrected chi connectivity index (χ2v) is 9.61. The summed E-state index contributed by atoms with van der Waals surface area (Å²) in [5.74, 6) is 0.357. The number of aromatic nitrogens is 6. The average molecular weight is 481 g/mol. The molecule has 36 heavy (non-hydrogen) atoms. The number of hydrogen-bond donors (Lipinski definition) is 3. The third kappa shape index (κ3) is 3.73. The maximum Gasteiger partial charge on any atom is 0.181 e. The minimum Gasteiger partial charge on any atom is -0.382 e. The van der Waals surface area contributed by atoms with Crippen molar-refractivity contribution >= 4 is 22.9 Å². The number of halogens is 1. The van der Waals surface area contributed by atoms with E-state index in [0.717, 1.165) is 44.8 Å². The molecule has 1 unspecified atom stereocenters. The Labute approximate surface area is 207 Å². The van der Waals surface area contributed by atoms with Crippen molar-refractivity contribution in [3.05, 3.63) is 77.8 Å². The lowest BCUT2D eigenvalue weighted by Crippen LogP contribution is -2.31. The Morgan fingerprint density at radius 1 is 1.08 bits per heavy atom. The summed E-state index contributed by atoms with van der Waals surface area (Å²) < 4.78 is 14.0. The van der Waals surface area contributed by atoms with Crippen LogP contribution in [0.5, 0.6) is 0 Å². The molecule has 1 aliphatic rings. The molecule has 4 aromatic heterocycles. The smallest absolute Gasteiger partial charge is 0.181 e. The van der Waals surface area contributed by atoms with Crippen LogP contribution in [0.15, 0.2) is 60.0 Å². The molecule has 5 aromatic rings. The van der Waals surface area contributed by atoms with E-state index in [1.165, 1.54) is 6.07 Å². The standard InChI is InChI=1S/C27H25FN8/c1-15(2)32-20-7-16(10-29-12-20)17-8-21-23(35-36-25(21)31-11-17)26-33-22-13-30-14-27(3,24(22)34-26)18-5-4-6-19(28)9-18/h4-13,15,32H,14H2,1-3H3,(H,33,34)(H,31,35,36). The van der Waals surface area contributed by atoms with Crippen molar-refractivity contribution in [2.45, 2.75) is 32.2 Å². The van der Waals surface area contributed by atoms with Crippen molar-refractivity contribution in [2.75, 3.05) is 11.9 Å². The summed E-state index contributed by atoms with van der Waals surface area (Å²) in [6.45, 7) is 6.72. The normalized spacial score (nSPS) is 17.0. The molecule has 9 heteroatoms. The SMILES string of the molecule is CC(C)Nc1cncc(-c2cnc3n[nH]c(-c4nc5c([nH]4)C(C)(c4cccc(F)c4)CN=C5)c3c2)c1. The Kier molecular flexibility index (Phi) is 5.13. The molecule has 0 saturated carbocycles. The number of fused-ring (bicyclic) bond motifs is 2. The molecule has 5 heterocycles. The van der Waals surface area contributed by atoms with Gasteiger partial charge < -0.3 is 10.3 Å². The van der Waals surface area contributed by atoms with Crippen molar-refractivity contribution in [2.24, 2.45) is 4.99 Å². The van der Waals surface area contributed by atoms with E-state index in [-0.39, 0.29) is 5.82 Å². The van der Waals surface area contributed by atoms with Crippen molar-refractivity contribution in [3.8, 4) is 22.6 Å². The summed E-state index contributed by atoms with van der Waals surface area (Å²) >= 11 is 0. The highest BCUT2D eigenvalue weighted by Gasteiger charge is 2.36. The van der Waals surface area contributed by atoms with Crippen LogP contribution < -0.4 is 5.32 Å². The van der Waals surface area contributed by atoms with Crippen molar-refractivity contribution < 1.29 is 4.39 Å². The molecule has 0 fully saturated rings. The Bertz CT molecular complexity index is 1620. The van der Waals surface area contributed by atoms with Crippen molar-refractivity contribution in [1.82, 2.24) is 30.1 Å². The average Bonchev–Trinajstić information content (AvgIpc) is 3.48. The molecule has 0 saturated heterocycles. The highest BCUT2D eigenvalue weighted by molar-refractivity contribution is 5.93. The summed E-state index contributed by atoms with van der Waals surface area (Å²) in [5.41, 5.74) is 6.07. The first-order valence-corrected chi connectivity index (χ1v) is 11.8. The number of pyridine rings is 2. The maximum absolute atomic E-state index is 14.0. The van der Waals surface area contributed by atoms with E-state index in [1.54, 1.807) is 24.5 Å². The van der Waals surface area contributed by atoms with Gasteiger partial charge in [-0.1, -0.05) is 12.1 Å². The third-order valence-electron chi connectivity index (χ3n) is 6.54. The number of aromatic amines is 2. The predicted molar refractivity (Wildman–Crippen MR) is 139 cm³/mol. The maximum atomic E-state index is 14.0. The number of aliphatic imine (C=N–C) groups is 1. The Morgan fingerprint density at radius 2 is 1.94 bits per heavy atom. The first kappa shape index (κ1) is 22.1. The van der Waals surface area contributed by atoms with Crippen LogP contribution in [0.1, 0.15) is 37.7 Å². The number of rotatable bonds is 5. The lowest BCUT2D eigenvalue weighted by molar-refractivity contribution is 0.552. The van der Waals surface area contributed by atoms with Gasteiger partial charge in [0.25, 0.3) is 0 Å². The van der Waals surface area contributed by atoms with Gasteiger partial charge in [-0.05, 0) is 50.6 Å². The van der Waals surface area contributed by atoms with E-state index < -0.39 is 5.41 Å². The topological polar surface area (TPSA) is 108 Å². The molecule has 0 amide bonds. The molecule has 6 rings (SSSR count). The van der Waals surface area contributed by atoms with Crippen LogP contribution in [0.25, 0.3) is 33.7 Å². The Balaban J connectivity index is 1.43. The Morgan fingerprint density at radius 3 is 2.78 bits per heavy atom. The van der Waals surface area contributed by atoms with E-state index in [2.05, 4.69) is 62.3 Å². The fraction of sp³-hybridized carbons (Fsp3) is 0.222. The zero-order valence-electron chi connectivity index (χ0n) is 20.2. The van der Waals surface area contributed by atoms with Gasteiger partial charge in [0.2, 0.25) is 0 Å². The van der Waals surface area contributed by atoms with E-state index in [9.17, 15) is 4.39 Å². The highest BCUT2D eigenvalue weighted by atomic mass is 19.1. The number of nitrogens with one attached hydrogen (secondary N) is 3. The van der Waals surface area contributed by atoms with Gasteiger partial charge in [-0.25, -0.2) is 14.4 Å². The first-order valence-electron chi connectivity index (χ1n) is 11.8. The lowest BCUT2D eigenvalue weighted by Gasteiger charge is -2.30. The molecule has 0 bridgehead atoms. The van der Waals surface area contributed by atoms with Crippen LogP contribution in [0.4, 0.5) is 10.1 Å². The van der Waals surface area contributed by atoms with Crippen LogP contribution in [0.3, 0.4) is 0 Å². The van der Waals surface area contributed by atoms with Gasteiger partial charge in [0.15, 0.2) is 11.5 Å². The number of H-pyrrole nitrogens is 2. The zero-order valence-corrected chi connectivity index (χ0v) is 20.2. The minimum absolute atomic E-state index is 0.273. The fourth-order valence-corrected chi connectivity index (χ4v) is 4.73. The van der Waals surface area contributed by atoms with Crippen LogP contribution in [0.2, 0.25) is 0 Å². The van der Waals surface area contributed by atoms with Crippen molar-refractivity contribution in [3.63, 3.8) is 0 Å². The molecule has 1 aliphatic heterocycles. The number of imidazole rings is 1. The van der Waals surface area contributed by atoms with Gasteiger partial charge in [0.1, 0.15) is 17.2 Å². The first-order chi connectivity index (χ1) is 17.4. The van der Waals surface area contributed by atoms with Crippen LogP contribution in [0, 0.1) is 5.82 Å². The molecular weight excluding hydrogens is 455 g/mol. The molecule has 0 aliphatic carbocycles. The second-order valence-electron chi connectivity index (χ2n) is 9.61. The number of hydrogen-bond acceptors (Lipinski definition) is 6. The molecule has 1 aromatic carbocycles. The number of anilines is 1. The van der Waals surface area contributed by atoms with Gasteiger partial charge in [-0.3, -0.25) is 15.1 Å². The van der Waals surface area contributed by atoms with Crippen LogP contribution in [-0.2, 0) is 5.41 Å².